The minimum absolute atomic E-state index is 0.0979. The van der Waals surface area contributed by atoms with E-state index in [-0.39, 0.29) is 10.6 Å². The molecule has 0 aliphatic heterocycles. The Morgan fingerprint density at radius 1 is 1.26 bits per heavy atom. The molecule has 1 amide bonds. The molecule has 0 aliphatic rings. The molecule has 0 saturated heterocycles. The monoisotopic (exact) mass is 342 g/mol. The van der Waals surface area contributed by atoms with Crippen LogP contribution >= 0.6 is 27.5 Å². The van der Waals surface area contributed by atoms with E-state index in [2.05, 4.69) is 21.2 Å². The molecule has 0 unspecified atom stereocenters. The number of amides is 1. The predicted octanol–water partition coefficient (Wildman–Crippen LogP) is 4.08. The zero-order valence-corrected chi connectivity index (χ0v) is 11.9. The summed E-state index contributed by atoms with van der Waals surface area (Å²) < 4.78 is 13.7. The van der Waals surface area contributed by atoms with E-state index in [1.54, 1.807) is 18.2 Å². The van der Waals surface area contributed by atoms with Crippen LogP contribution in [0, 0.1) is 5.82 Å². The van der Waals surface area contributed by atoms with Crippen molar-refractivity contribution in [1.29, 1.82) is 0 Å². The number of hydrogen-bond donors (Lipinski definition) is 2. The molecule has 0 bridgehead atoms. The highest BCUT2D eigenvalue weighted by Crippen LogP contribution is 2.25. The van der Waals surface area contributed by atoms with E-state index in [1.165, 1.54) is 12.1 Å². The Morgan fingerprint density at radius 2 is 2.00 bits per heavy atom. The molecule has 0 aromatic heterocycles. The van der Waals surface area contributed by atoms with Crippen molar-refractivity contribution >= 4 is 44.8 Å². The van der Waals surface area contributed by atoms with E-state index < -0.39 is 11.7 Å². The molecule has 0 aliphatic carbocycles. The van der Waals surface area contributed by atoms with E-state index in [9.17, 15) is 9.18 Å². The maximum atomic E-state index is 13.0. The standard InChI is InChI=1S/C13H9BrClFN2O/c14-9-3-2-8(17)6-12(9)18-13(19)7-1-4-11(16)10(15)5-7/h1-6H,17H2,(H,18,19). The number of nitrogens with one attached hydrogen (secondary N) is 1. The molecule has 2 rings (SSSR count). The average Bonchev–Trinajstić information content (AvgIpc) is 2.37. The Bertz CT molecular complexity index is 649. The van der Waals surface area contributed by atoms with Crippen LogP contribution in [0.1, 0.15) is 10.4 Å². The van der Waals surface area contributed by atoms with Crippen molar-refractivity contribution in [1.82, 2.24) is 0 Å². The van der Waals surface area contributed by atoms with Gasteiger partial charge in [0.1, 0.15) is 5.82 Å². The minimum atomic E-state index is -0.566. The summed E-state index contributed by atoms with van der Waals surface area (Å²) in [5.74, 6) is -0.962. The number of nitrogens with two attached hydrogens (primary N) is 1. The van der Waals surface area contributed by atoms with Gasteiger partial charge >= 0.3 is 0 Å². The lowest BCUT2D eigenvalue weighted by molar-refractivity contribution is 0.102. The summed E-state index contributed by atoms with van der Waals surface area (Å²) in [6.07, 6.45) is 0. The fourth-order valence-electron chi connectivity index (χ4n) is 1.47. The van der Waals surface area contributed by atoms with E-state index in [1.807, 2.05) is 0 Å². The highest BCUT2D eigenvalue weighted by molar-refractivity contribution is 9.10. The van der Waals surface area contributed by atoms with Crippen LogP contribution in [0.4, 0.5) is 15.8 Å². The number of nitrogen functional groups attached to an aromatic ring is 1. The smallest absolute Gasteiger partial charge is 0.255 e. The van der Waals surface area contributed by atoms with Gasteiger partial charge in [-0.05, 0) is 52.3 Å². The van der Waals surface area contributed by atoms with Crippen molar-refractivity contribution in [2.24, 2.45) is 0 Å². The van der Waals surface area contributed by atoms with Crippen molar-refractivity contribution in [2.75, 3.05) is 11.1 Å². The van der Waals surface area contributed by atoms with Gasteiger partial charge < -0.3 is 11.1 Å². The molecular formula is C13H9BrClFN2O. The molecule has 2 aromatic rings. The van der Waals surface area contributed by atoms with Crippen LogP contribution in [-0.4, -0.2) is 5.91 Å². The van der Waals surface area contributed by atoms with Gasteiger partial charge in [-0.2, -0.15) is 0 Å². The molecule has 98 valence electrons. The topological polar surface area (TPSA) is 55.1 Å². The number of anilines is 2. The second-order valence-corrected chi connectivity index (χ2v) is 5.08. The lowest BCUT2D eigenvalue weighted by Gasteiger charge is -2.08. The fourth-order valence-corrected chi connectivity index (χ4v) is 2.00. The zero-order chi connectivity index (χ0) is 14.0. The summed E-state index contributed by atoms with van der Waals surface area (Å²) in [7, 11) is 0. The van der Waals surface area contributed by atoms with Gasteiger partial charge in [-0.25, -0.2) is 4.39 Å². The van der Waals surface area contributed by atoms with Crippen molar-refractivity contribution in [2.45, 2.75) is 0 Å². The molecule has 3 nitrogen and oxygen atoms in total. The van der Waals surface area contributed by atoms with Crippen molar-refractivity contribution in [3.8, 4) is 0 Å². The summed E-state index contributed by atoms with van der Waals surface area (Å²) in [5.41, 5.74) is 6.96. The summed E-state index contributed by atoms with van der Waals surface area (Å²) in [6.45, 7) is 0. The fraction of sp³-hybridized carbons (Fsp3) is 0. The highest BCUT2D eigenvalue weighted by atomic mass is 79.9. The molecule has 0 saturated carbocycles. The SMILES string of the molecule is Nc1ccc(Br)c(NC(=O)c2ccc(F)c(Cl)c2)c1. The second kappa shape index (κ2) is 5.59. The average molecular weight is 344 g/mol. The van der Waals surface area contributed by atoms with E-state index in [0.717, 1.165) is 6.07 Å². The summed E-state index contributed by atoms with van der Waals surface area (Å²) in [4.78, 5) is 12.0. The van der Waals surface area contributed by atoms with Crippen LogP contribution in [0.25, 0.3) is 0 Å². The number of hydrogen-bond acceptors (Lipinski definition) is 2. The number of carbonyl (C=O) groups is 1. The maximum absolute atomic E-state index is 13.0. The lowest BCUT2D eigenvalue weighted by atomic mass is 10.2. The highest BCUT2D eigenvalue weighted by Gasteiger charge is 2.10. The molecule has 0 atom stereocenters. The lowest BCUT2D eigenvalue weighted by Crippen LogP contribution is -2.12. The third kappa shape index (κ3) is 3.24. The molecule has 6 heteroatoms. The van der Waals surface area contributed by atoms with Crippen molar-refractivity contribution in [3.05, 3.63) is 57.3 Å². The Balaban J connectivity index is 2.25. The molecule has 0 radical (unpaired) electrons. The first-order valence-electron chi connectivity index (χ1n) is 5.29. The molecule has 2 aromatic carbocycles. The molecule has 19 heavy (non-hydrogen) atoms. The summed E-state index contributed by atoms with van der Waals surface area (Å²) in [5, 5.41) is 2.57. The van der Waals surface area contributed by atoms with Crippen LogP contribution in [0.5, 0.6) is 0 Å². The molecular weight excluding hydrogens is 335 g/mol. The normalized spacial score (nSPS) is 10.3. The minimum Gasteiger partial charge on any atom is -0.399 e. The van der Waals surface area contributed by atoms with Gasteiger partial charge in [0.2, 0.25) is 0 Å². The molecule has 3 N–H and O–H groups in total. The Morgan fingerprint density at radius 3 is 2.68 bits per heavy atom. The predicted molar refractivity (Wildman–Crippen MR) is 77.9 cm³/mol. The van der Waals surface area contributed by atoms with Gasteiger partial charge in [-0.15, -0.1) is 0 Å². The number of carbonyl (C=O) groups excluding carboxylic acids is 1. The number of rotatable bonds is 2. The molecule has 0 fully saturated rings. The van der Waals surface area contributed by atoms with Gasteiger partial charge in [0.25, 0.3) is 5.91 Å². The van der Waals surface area contributed by atoms with Crippen molar-refractivity contribution in [3.63, 3.8) is 0 Å². The Hall–Kier alpha value is -1.59. The first-order valence-corrected chi connectivity index (χ1v) is 6.46. The second-order valence-electron chi connectivity index (χ2n) is 3.82. The molecule has 0 spiro atoms. The van der Waals surface area contributed by atoms with Gasteiger partial charge in [0, 0.05) is 15.7 Å². The van der Waals surface area contributed by atoms with Crippen LogP contribution in [0.15, 0.2) is 40.9 Å². The van der Waals surface area contributed by atoms with Crippen LogP contribution < -0.4 is 11.1 Å². The van der Waals surface area contributed by atoms with Crippen LogP contribution in [0.2, 0.25) is 5.02 Å². The Labute approximate surface area is 122 Å². The quantitative estimate of drug-likeness (QED) is 0.807. The number of benzene rings is 2. The van der Waals surface area contributed by atoms with Crippen LogP contribution in [-0.2, 0) is 0 Å². The first kappa shape index (κ1) is 13.8. The largest absolute Gasteiger partial charge is 0.399 e. The van der Waals surface area contributed by atoms with Gasteiger partial charge in [-0.1, -0.05) is 11.6 Å². The van der Waals surface area contributed by atoms with E-state index >= 15 is 0 Å². The number of halogens is 3. The molecule has 0 heterocycles. The Kier molecular flexibility index (Phi) is 4.07. The first-order chi connectivity index (χ1) is 8.97. The summed E-state index contributed by atoms with van der Waals surface area (Å²) >= 11 is 8.93. The van der Waals surface area contributed by atoms with E-state index in [4.69, 9.17) is 17.3 Å². The van der Waals surface area contributed by atoms with Gasteiger partial charge in [0.15, 0.2) is 0 Å². The summed E-state index contributed by atoms with van der Waals surface area (Å²) in [6, 6.07) is 8.82. The van der Waals surface area contributed by atoms with Gasteiger partial charge in [-0.3, -0.25) is 4.79 Å². The van der Waals surface area contributed by atoms with Crippen LogP contribution in [0.3, 0.4) is 0 Å². The van der Waals surface area contributed by atoms with E-state index in [0.29, 0.717) is 15.8 Å². The maximum Gasteiger partial charge on any atom is 0.255 e. The zero-order valence-electron chi connectivity index (χ0n) is 9.58. The van der Waals surface area contributed by atoms with Crippen molar-refractivity contribution < 1.29 is 9.18 Å². The third-order valence-electron chi connectivity index (χ3n) is 2.42. The van der Waals surface area contributed by atoms with Gasteiger partial charge in [0.05, 0.1) is 10.7 Å². The third-order valence-corrected chi connectivity index (χ3v) is 3.40.